The van der Waals surface area contributed by atoms with Crippen LogP contribution in [0.25, 0.3) is 0 Å². The molecule has 1 aliphatic heterocycles. The summed E-state index contributed by atoms with van der Waals surface area (Å²) in [5, 5.41) is 10.3. The van der Waals surface area contributed by atoms with E-state index in [9.17, 15) is 13.5 Å². The normalized spacial score (nSPS) is 17.2. The monoisotopic (exact) mass is 418 g/mol. The molecule has 0 radical (unpaired) electrons. The lowest BCUT2D eigenvalue weighted by Crippen LogP contribution is -2.50. The minimum Gasteiger partial charge on any atom is -0.491 e. The molecule has 0 spiro atoms. The first-order valence-electron chi connectivity index (χ1n) is 9.93. The number of hydrogen-bond acceptors (Lipinski definition) is 5. The number of β-amino-alcohol motifs (C(OH)–C–C–N with tert-alkyl or cyclic N) is 1. The third-order valence-corrected chi connectivity index (χ3v) is 7.27. The highest BCUT2D eigenvalue weighted by molar-refractivity contribution is 7.89. The van der Waals surface area contributed by atoms with Gasteiger partial charge < -0.3 is 9.84 Å². The van der Waals surface area contributed by atoms with Crippen LogP contribution in [0.5, 0.6) is 5.75 Å². The number of rotatable bonds is 7. The zero-order chi connectivity index (χ0) is 21.0. The van der Waals surface area contributed by atoms with Gasteiger partial charge in [0.2, 0.25) is 10.0 Å². The largest absolute Gasteiger partial charge is 0.491 e. The van der Waals surface area contributed by atoms with E-state index in [0.29, 0.717) is 37.6 Å². The molecule has 7 heteroatoms. The van der Waals surface area contributed by atoms with Crippen molar-refractivity contribution in [3.8, 4) is 5.75 Å². The molecule has 1 saturated heterocycles. The van der Waals surface area contributed by atoms with E-state index in [4.69, 9.17) is 4.74 Å². The van der Waals surface area contributed by atoms with Crippen molar-refractivity contribution < 1.29 is 18.3 Å². The molecule has 2 aromatic carbocycles. The van der Waals surface area contributed by atoms with Crippen LogP contribution in [0.3, 0.4) is 0 Å². The van der Waals surface area contributed by atoms with Gasteiger partial charge in [0, 0.05) is 32.7 Å². The van der Waals surface area contributed by atoms with Gasteiger partial charge in [0.15, 0.2) is 0 Å². The molecule has 0 aromatic heterocycles. The molecule has 158 valence electrons. The van der Waals surface area contributed by atoms with Crippen LogP contribution in [-0.4, -0.2) is 68.2 Å². The van der Waals surface area contributed by atoms with E-state index in [-0.39, 0.29) is 6.61 Å². The lowest BCUT2D eigenvalue weighted by molar-refractivity contribution is 0.0569. The number of benzene rings is 2. The van der Waals surface area contributed by atoms with Gasteiger partial charge in [-0.25, -0.2) is 8.42 Å². The molecule has 1 N–H and O–H groups in total. The maximum absolute atomic E-state index is 13.0. The second-order valence-electron chi connectivity index (χ2n) is 7.75. The maximum atomic E-state index is 13.0. The summed E-state index contributed by atoms with van der Waals surface area (Å²) in [6.07, 6.45) is -0.626. The van der Waals surface area contributed by atoms with Gasteiger partial charge in [-0.3, -0.25) is 4.90 Å². The van der Waals surface area contributed by atoms with Gasteiger partial charge in [0.1, 0.15) is 18.5 Å². The lowest BCUT2D eigenvalue weighted by atomic mass is 10.2. The standard InChI is InChI=1S/C22H30N2O4S/c1-17-5-8-21(9-6-17)28-16-20(25)15-23-10-12-24(13-11-23)29(26,27)22-14-18(2)4-7-19(22)3/h4-9,14,20,25H,10-13,15-16H2,1-3H3. The topological polar surface area (TPSA) is 70.1 Å². The molecule has 0 aliphatic carbocycles. The van der Waals surface area contributed by atoms with E-state index in [0.717, 1.165) is 22.4 Å². The third-order valence-electron chi connectivity index (χ3n) is 5.23. The Bertz CT molecular complexity index is 920. The number of aliphatic hydroxyl groups is 1. The van der Waals surface area contributed by atoms with Gasteiger partial charge in [-0.05, 0) is 50.1 Å². The van der Waals surface area contributed by atoms with E-state index in [1.165, 1.54) is 0 Å². The Labute approximate surface area is 173 Å². The Morgan fingerprint density at radius 1 is 0.966 bits per heavy atom. The Balaban J connectivity index is 1.50. The average Bonchev–Trinajstić information content (AvgIpc) is 2.70. The van der Waals surface area contributed by atoms with Gasteiger partial charge in [-0.15, -0.1) is 0 Å². The van der Waals surface area contributed by atoms with Crippen molar-refractivity contribution in [2.75, 3.05) is 39.3 Å². The molecule has 0 amide bonds. The van der Waals surface area contributed by atoms with Crippen molar-refractivity contribution in [2.45, 2.75) is 31.8 Å². The molecule has 0 saturated carbocycles. The smallest absolute Gasteiger partial charge is 0.243 e. The molecule has 1 atom stereocenters. The molecule has 6 nitrogen and oxygen atoms in total. The lowest BCUT2D eigenvalue weighted by Gasteiger charge is -2.35. The molecule has 1 fully saturated rings. The van der Waals surface area contributed by atoms with E-state index in [2.05, 4.69) is 4.90 Å². The van der Waals surface area contributed by atoms with Crippen LogP contribution in [0.4, 0.5) is 0 Å². The minimum absolute atomic E-state index is 0.212. The molecular weight excluding hydrogens is 388 g/mol. The first-order chi connectivity index (χ1) is 13.8. The zero-order valence-corrected chi connectivity index (χ0v) is 18.2. The van der Waals surface area contributed by atoms with Crippen LogP contribution >= 0.6 is 0 Å². The maximum Gasteiger partial charge on any atom is 0.243 e. The summed E-state index contributed by atoms with van der Waals surface area (Å²) in [7, 11) is -3.50. The van der Waals surface area contributed by atoms with Gasteiger partial charge in [-0.1, -0.05) is 29.8 Å². The third kappa shape index (κ3) is 5.57. The summed E-state index contributed by atoms with van der Waals surface area (Å²) in [6.45, 7) is 8.43. The Hall–Kier alpha value is -1.93. The highest BCUT2D eigenvalue weighted by Crippen LogP contribution is 2.22. The first-order valence-corrected chi connectivity index (χ1v) is 11.4. The second kappa shape index (κ2) is 9.26. The highest BCUT2D eigenvalue weighted by atomic mass is 32.2. The van der Waals surface area contributed by atoms with E-state index >= 15 is 0 Å². The van der Waals surface area contributed by atoms with Gasteiger partial charge in [0.25, 0.3) is 0 Å². The van der Waals surface area contributed by atoms with Crippen LogP contribution in [0.2, 0.25) is 0 Å². The minimum atomic E-state index is -3.50. The molecule has 0 bridgehead atoms. The number of aryl methyl sites for hydroxylation is 3. The molecule has 3 rings (SSSR count). The number of aliphatic hydroxyl groups excluding tert-OH is 1. The number of piperazine rings is 1. The summed E-state index contributed by atoms with van der Waals surface area (Å²) >= 11 is 0. The van der Waals surface area contributed by atoms with Crippen LogP contribution in [0.1, 0.15) is 16.7 Å². The summed E-state index contributed by atoms with van der Waals surface area (Å²) in [5.41, 5.74) is 2.86. The van der Waals surface area contributed by atoms with E-state index in [1.54, 1.807) is 10.4 Å². The SMILES string of the molecule is Cc1ccc(OCC(O)CN2CCN(S(=O)(=O)c3cc(C)ccc3C)CC2)cc1. The summed E-state index contributed by atoms with van der Waals surface area (Å²) < 4.78 is 33.2. The van der Waals surface area contributed by atoms with Crippen LogP contribution in [0, 0.1) is 20.8 Å². The summed E-state index contributed by atoms with van der Waals surface area (Å²) in [4.78, 5) is 2.47. The van der Waals surface area contributed by atoms with Crippen molar-refractivity contribution in [3.63, 3.8) is 0 Å². The van der Waals surface area contributed by atoms with E-state index < -0.39 is 16.1 Å². The number of sulfonamides is 1. The van der Waals surface area contributed by atoms with Gasteiger partial charge in [-0.2, -0.15) is 4.31 Å². The van der Waals surface area contributed by atoms with Gasteiger partial charge >= 0.3 is 0 Å². The number of hydrogen-bond donors (Lipinski definition) is 1. The number of nitrogens with zero attached hydrogens (tertiary/aromatic N) is 2. The van der Waals surface area contributed by atoms with Crippen LogP contribution in [-0.2, 0) is 10.0 Å². The van der Waals surface area contributed by atoms with Crippen molar-refractivity contribution in [1.82, 2.24) is 9.21 Å². The second-order valence-corrected chi connectivity index (χ2v) is 9.66. The summed E-state index contributed by atoms with van der Waals surface area (Å²) in [6, 6.07) is 13.2. The quantitative estimate of drug-likeness (QED) is 0.748. The predicted molar refractivity (Wildman–Crippen MR) is 114 cm³/mol. The Kier molecular flexibility index (Phi) is 6.95. The first kappa shape index (κ1) is 21.8. The van der Waals surface area contributed by atoms with Crippen LogP contribution < -0.4 is 4.74 Å². The van der Waals surface area contributed by atoms with Crippen molar-refractivity contribution in [3.05, 3.63) is 59.2 Å². The number of ether oxygens (including phenoxy) is 1. The van der Waals surface area contributed by atoms with Crippen molar-refractivity contribution in [1.29, 1.82) is 0 Å². The fourth-order valence-corrected chi connectivity index (χ4v) is 5.19. The van der Waals surface area contributed by atoms with Gasteiger partial charge in [0.05, 0.1) is 4.90 Å². The van der Waals surface area contributed by atoms with Crippen molar-refractivity contribution in [2.24, 2.45) is 0 Å². The van der Waals surface area contributed by atoms with Crippen LogP contribution in [0.15, 0.2) is 47.4 Å². The molecular formula is C22H30N2O4S. The predicted octanol–water partition coefficient (Wildman–Crippen LogP) is 2.36. The fourth-order valence-electron chi connectivity index (χ4n) is 3.45. The van der Waals surface area contributed by atoms with Crippen molar-refractivity contribution >= 4 is 10.0 Å². The Morgan fingerprint density at radius 2 is 1.59 bits per heavy atom. The Morgan fingerprint density at radius 3 is 2.24 bits per heavy atom. The molecule has 1 aliphatic rings. The molecule has 29 heavy (non-hydrogen) atoms. The molecule has 1 unspecified atom stereocenters. The molecule has 1 heterocycles. The molecule has 2 aromatic rings. The average molecular weight is 419 g/mol. The van der Waals surface area contributed by atoms with E-state index in [1.807, 2.05) is 57.2 Å². The summed E-state index contributed by atoms with van der Waals surface area (Å²) in [5.74, 6) is 0.735. The highest BCUT2D eigenvalue weighted by Gasteiger charge is 2.30. The zero-order valence-electron chi connectivity index (χ0n) is 17.3. The fraction of sp³-hybridized carbons (Fsp3) is 0.455.